The Bertz CT molecular complexity index is 1160. The van der Waals surface area contributed by atoms with E-state index in [0.29, 0.717) is 0 Å². The molecule has 2 aromatic heterocycles. The van der Waals surface area contributed by atoms with E-state index in [2.05, 4.69) is 87.0 Å². The monoisotopic (exact) mass is 398 g/mol. The van der Waals surface area contributed by atoms with Crippen molar-refractivity contribution >= 4 is 22.8 Å². The molecular formula is C24H26N6. The van der Waals surface area contributed by atoms with E-state index in [-0.39, 0.29) is 0 Å². The third-order valence-electron chi connectivity index (χ3n) is 5.74. The van der Waals surface area contributed by atoms with Gasteiger partial charge in [-0.25, -0.2) is 9.97 Å². The van der Waals surface area contributed by atoms with Gasteiger partial charge in [0.1, 0.15) is 0 Å². The predicted molar refractivity (Wildman–Crippen MR) is 123 cm³/mol. The molecule has 6 heteroatoms. The van der Waals surface area contributed by atoms with E-state index in [1.54, 1.807) is 0 Å². The highest BCUT2D eigenvalue weighted by atomic mass is 15.2. The Morgan fingerprint density at radius 2 is 1.73 bits per heavy atom. The number of aryl methyl sites for hydroxylation is 1. The van der Waals surface area contributed by atoms with Crippen LogP contribution >= 0.6 is 0 Å². The minimum atomic E-state index is 0.753. The van der Waals surface area contributed by atoms with Crippen molar-refractivity contribution in [2.75, 3.05) is 43.4 Å². The van der Waals surface area contributed by atoms with Crippen molar-refractivity contribution in [2.24, 2.45) is 0 Å². The lowest BCUT2D eigenvalue weighted by Crippen LogP contribution is -2.44. The van der Waals surface area contributed by atoms with Crippen molar-refractivity contribution in [1.82, 2.24) is 19.3 Å². The van der Waals surface area contributed by atoms with Crippen LogP contribution in [0.15, 0.2) is 67.1 Å². The highest BCUT2D eigenvalue weighted by Gasteiger charge is 2.14. The Morgan fingerprint density at radius 1 is 0.933 bits per heavy atom. The first-order valence-electron chi connectivity index (χ1n) is 10.4. The molecule has 1 saturated heterocycles. The number of likely N-dealkylation sites (N-methyl/N-ethyl adjacent to an activating group) is 1. The van der Waals surface area contributed by atoms with Gasteiger partial charge in [0.15, 0.2) is 11.5 Å². The molecule has 0 atom stereocenters. The van der Waals surface area contributed by atoms with Crippen molar-refractivity contribution < 1.29 is 0 Å². The molecule has 1 fully saturated rings. The molecule has 30 heavy (non-hydrogen) atoms. The molecule has 152 valence electrons. The van der Waals surface area contributed by atoms with Crippen LogP contribution in [0, 0.1) is 6.92 Å². The van der Waals surface area contributed by atoms with Gasteiger partial charge in [0, 0.05) is 55.5 Å². The smallest absolute Gasteiger partial charge is 0.180 e. The summed E-state index contributed by atoms with van der Waals surface area (Å²) < 4.78 is 2.09. The number of rotatable bonds is 4. The lowest BCUT2D eigenvalue weighted by Gasteiger charge is -2.34. The average molecular weight is 399 g/mol. The van der Waals surface area contributed by atoms with Gasteiger partial charge in [-0.05, 0) is 44.3 Å². The summed E-state index contributed by atoms with van der Waals surface area (Å²) in [6, 6.07) is 17.0. The van der Waals surface area contributed by atoms with Crippen molar-refractivity contribution in [3.63, 3.8) is 0 Å². The molecule has 1 aliphatic heterocycles. The van der Waals surface area contributed by atoms with Crippen molar-refractivity contribution in [1.29, 1.82) is 0 Å². The Hall–Kier alpha value is -3.38. The number of nitrogens with one attached hydrogen (secondary N) is 1. The number of anilines is 3. The maximum absolute atomic E-state index is 4.69. The number of hydrogen-bond acceptors (Lipinski definition) is 5. The highest BCUT2D eigenvalue weighted by molar-refractivity contribution is 5.74. The molecule has 3 heterocycles. The second-order valence-corrected chi connectivity index (χ2v) is 7.94. The first-order chi connectivity index (χ1) is 14.7. The van der Waals surface area contributed by atoms with Gasteiger partial charge in [0.2, 0.25) is 0 Å². The van der Waals surface area contributed by atoms with Crippen LogP contribution in [0.25, 0.3) is 16.9 Å². The third-order valence-corrected chi connectivity index (χ3v) is 5.74. The minimum absolute atomic E-state index is 0.753. The van der Waals surface area contributed by atoms with Gasteiger partial charge in [-0.1, -0.05) is 23.8 Å². The molecule has 0 saturated carbocycles. The van der Waals surface area contributed by atoms with Gasteiger partial charge in [0.05, 0.1) is 11.9 Å². The van der Waals surface area contributed by atoms with Gasteiger partial charge in [0.25, 0.3) is 0 Å². The first kappa shape index (κ1) is 18.6. The third kappa shape index (κ3) is 3.62. The normalized spacial score (nSPS) is 14.9. The molecule has 0 bridgehead atoms. The molecule has 6 nitrogen and oxygen atoms in total. The van der Waals surface area contributed by atoms with E-state index in [1.807, 2.05) is 18.6 Å². The van der Waals surface area contributed by atoms with Crippen LogP contribution in [-0.2, 0) is 0 Å². The average Bonchev–Trinajstić information content (AvgIpc) is 3.26. The van der Waals surface area contributed by atoms with E-state index in [0.717, 1.165) is 54.6 Å². The Balaban J connectivity index is 1.40. The molecule has 4 aromatic rings. The number of imidazole rings is 1. The van der Waals surface area contributed by atoms with Crippen LogP contribution in [0.5, 0.6) is 0 Å². The second-order valence-electron chi connectivity index (χ2n) is 7.94. The fraction of sp³-hybridized carbons (Fsp3) is 0.250. The van der Waals surface area contributed by atoms with Gasteiger partial charge in [-0.3, -0.25) is 4.40 Å². The number of benzene rings is 2. The molecule has 0 unspecified atom stereocenters. The summed E-state index contributed by atoms with van der Waals surface area (Å²) in [4.78, 5) is 14.0. The van der Waals surface area contributed by atoms with Gasteiger partial charge < -0.3 is 15.1 Å². The number of nitrogens with zero attached hydrogens (tertiary/aromatic N) is 5. The summed E-state index contributed by atoms with van der Waals surface area (Å²) in [7, 11) is 2.18. The zero-order valence-electron chi connectivity index (χ0n) is 17.4. The molecule has 1 aliphatic rings. The van der Waals surface area contributed by atoms with Crippen LogP contribution in [0.1, 0.15) is 5.56 Å². The van der Waals surface area contributed by atoms with Gasteiger partial charge in [-0.2, -0.15) is 0 Å². The molecule has 2 aromatic carbocycles. The lowest BCUT2D eigenvalue weighted by atomic mass is 10.1. The van der Waals surface area contributed by atoms with E-state index in [9.17, 15) is 0 Å². The van der Waals surface area contributed by atoms with Crippen LogP contribution in [0.3, 0.4) is 0 Å². The maximum atomic E-state index is 4.69. The largest absolute Gasteiger partial charge is 0.369 e. The van der Waals surface area contributed by atoms with E-state index in [1.165, 1.54) is 11.3 Å². The molecule has 0 spiro atoms. The van der Waals surface area contributed by atoms with Crippen LogP contribution in [0.2, 0.25) is 0 Å². The van der Waals surface area contributed by atoms with Crippen LogP contribution in [-0.4, -0.2) is 52.5 Å². The number of hydrogen-bond donors (Lipinski definition) is 1. The molecule has 0 amide bonds. The fourth-order valence-corrected chi connectivity index (χ4v) is 3.98. The fourth-order valence-electron chi connectivity index (χ4n) is 3.98. The molecule has 5 rings (SSSR count). The Morgan fingerprint density at radius 3 is 2.50 bits per heavy atom. The molecular weight excluding hydrogens is 372 g/mol. The molecule has 0 radical (unpaired) electrons. The van der Waals surface area contributed by atoms with E-state index < -0.39 is 0 Å². The Kier molecular flexibility index (Phi) is 4.85. The summed E-state index contributed by atoms with van der Waals surface area (Å²) in [5.41, 5.74) is 6.48. The SMILES string of the molecule is Cc1cccc(-c2cnc(Nc3ccc(N4CCN(C)CC4)cc3)c3nccn23)c1. The van der Waals surface area contributed by atoms with Crippen molar-refractivity contribution in [2.45, 2.75) is 6.92 Å². The topological polar surface area (TPSA) is 48.7 Å². The zero-order chi connectivity index (χ0) is 20.5. The number of piperazine rings is 1. The summed E-state index contributed by atoms with van der Waals surface area (Å²) >= 11 is 0. The van der Waals surface area contributed by atoms with Crippen LogP contribution < -0.4 is 10.2 Å². The summed E-state index contributed by atoms with van der Waals surface area (Å²) in [5, 5.41) is 3.44. The first-order valence-corrected chi connectivity index (χ1v) is 10.4. The number of aromatic nitrogens is 3. The van der Waals surface area contributed by atoms with E-state index in [4.69, 9.17) is 4.98 Å². The Labute approximate surface area is 176 Å². The van der Waals surface area contributed by atoms with Crippen LogP contribution in [0.4, 0.5) is 17.2 Å². The van der Waals surface area contributed by atoms with E-state index >= 15 is 0 Å². The number of fused-ring (bicyclic) bond motifs is 1. The van der Waals surface area contributed by atoms with Crippen molar-refractivity contribution in [3.05, 3.63) is 72.7 Å². The second kappa shape index (κ2) is 7.80. The minimum Gasteiger partial charge on any atom is -0.369 e. The van der Waals surface area contributed by atoms with Crippen molar-refractivity contribution in [3.8, 4) is 11.3 Å². The highest BCUT2D eigenvalue weighted by Crippen LogP contribution is 2.27. The summed E-state index contributed by atoms with van der Waals surface area (Å²) in [5.74, 6) is 0.753. The molecule has 1 N–H and O–H groups in total. The van der Waals surface area contributed by atoms with Gasteiger partial charge in [-0.15, -0.1) is 0 Å². The predicted octanol–water partition coefficient (Wildman–Crippen LogP) is 4.20. The quantitative estimate of drug-likeness (QED) is 0.558. The molecule has 0 aliphatic carbocycles. The standard InChI is InChI=1S/C24H26N6/c1-18-4-3-5-19(16-18)22-17-26-23(24-25-10-11-30(22)24)27-20-6-8-21(9-7-20)29-14-12-28(2)13-15-29/h3-11,16-17H,12-15H2,1-2H3,(H,26,27). The maximum Gasteiger partial charge on any atom is 0.180 e. The summed E-state index contributed by atoms with van der Waals surface area (Å²) in [6.07, 6.45) is 5.71. The van der Waals surface area contributed by atoms with Gasteiger partial charge >= 0.3 is 0 Å². The summed E-state index contributed by atoms with van der Waals surface area (Å²) in [6.45, 7) is 6.45. The lowest BCUT2D eigenvalue weighted by molar-refractivity contribution is 0.313. The zero-order valence-corrected chi connectivity index (χ0v) is 17.4.